The molecule has 1 aromatic rings. The molecule has 20 heavy (non-hydrogen) atoms. The van der Waals surface area contributed by atoms with E-state index in [0.717, 1.165) is 32.1 Å². The van der Waals surface area contributed by atoms with Crippen LogP contribution >= 0.6 is 0 Å². The van der Waals surface area contributed by atoms with Crippen molar-refractivity contribution in [2.75, 3.05) is 0 Å². The normalized spacial score (nSPS) is 12.8. The molecular formula is C15H26N2O3. The Labute approximate surface area is 119 Å². The van der Waals surface area contributed by atoms with Gasteiger partial charge in [-0.2, -0.15) is 0 Å². The van der Waals surface area contributed by atoms with Gasteiger partial charge in [-0.1, -0.05) is 47.0 Å². The summed E-state index contributed by atoms with van der Waals surface area (Å²) < 4.78 is 1.37. The summed E-state index contributed by atoms with van der Waals surface area (Å²) in [6.45, 7) is 7.81. The van der Waals surface area contributed by atoms with Crippen molar-refractivity contribution in [2.24, 2.45) is 0 Å². The van der Waals surface area contributed by atoms with E-state index >= 15 is 0 Å². The second-order valence-electron chi connectivity index (χ2n) is 5.61. The fraction of sp³-hybridized carbons (Fsp3) is 0.733. The predicted octanol–water partition coefficient (Wildman–Crippen LogP) is 2.90. The molecule has 0 spiro atoms. The Kier molecular flexibility index (Phi) is 6.05. The van der Waals surface area contributed by atoms with Crippen molar-refractivity contribution >= 4 is 0 Å². The zero-order valence-corrected chi connectivity index (χ0v) is 12.9. The highest BCUT2D eigenvalue weighted by Gasteiger charge is 2.21. The SMILES string of the molecule is CCCCC(CCC)n1c(O)c(C(C)C)c(=O)[nH]c1=O. The van der Waals surface area contributed by atoms with E-state index in [1.165, 1.54) is 4.57 Å². The van der Waals surface area contributed by atoms with Crippen molar-refractivity contribution in [2.45, 2.75) is 71.8 Å². The topological polar surface area (TPSA) is 75.1 Å². The van der Waals surface area contributed by atoms with Gasteiger partial charge in [-0.3, -0.25) is 14.3 Å². The van der Waals surface area contributed by atoms with Gasteiger partial charge in [-0.05, 0) is 18.8 Å². The number of aromatic nitrogens is 2. The fourth-order valence-electron chi connectivity index (χ4n) is 2.59. The lowest BCUT2D eigenvalue weighted by atomic mass is 10.0. The number of rotatable bonds is 7. The molecule has 0 aromatic carbocycles. The van der Waals surface area contributed by atoms with E-state index in [2.05, 4.69) is 18.8 Å². The van der Waals surface area contributed by atoms with Crippen LogP contribution in [0.15, 0.2) is 9.59 Å². The molecule has 0 aliphatic heterocycles. The minimum absolute atomic E-state index is 0.0539. The van der Waals surface area contributed by atoms with Gasteiger partial charge in [0.1, 0.15) is 0 Å². The molecule has 0 radical (unpaired) electrons. The highest BCUT2D eigenvalue weighted by atomic mass is 16.3. The van der Waals surface area contributed by atoms with Crippen LogP contribution in [-0.4, -0.2) is 14.7 Å². The second-order valence-corrected chi connectivity index (χ2v) is 5.61. The van der Waals surface area contributed by atoms with Gasteiger partial charge in [-0.25, -0.2) is 4.79 Å². The van der Waals surface area contributed by atoms with Crippen LogP contribution in [0.3, 0.4) is 0 Å². The Morgan fingerprint density at radius 3 is 2.30 bits per heavy atom. The van der Waals surface area contributed by atoms with Crippen molar-refractivity contribution < 1.29 is 5.11 Å². The Bertz CT molecular complexity index is 543. The first-order valence-electron chi connectivity index (χ1n) is 7.51. The molecule has 0 saturated heterocycles. The molecule has 0 bridgehead atoms. The van der Waals surface area contributed by atoms with E-state index in [-0.39, 0.29) is 17.8 Å². The summed E-state index contributed by atoms with van der Waals surface area (Å²) in [7, 11) is 0. The molecule has 1 atom stereocenters. The molecule has 5 nitrogen and oxygen atoms in total. The van der Waals surface area contributed by atoms with Crippen molar-refractivity contribution in [3.8, 4) is 5.88 Å². The summed E-state index contributed by atoms with van der Waals surface area (Å²) in [5.74, 6) is -0.289. The van der Waals surface area contributed by atoms with Crippen LogP contribution in [0.2, 0.25) is 0 Å². The monoisotopic (exact) mass is 282 g/mol. The maximum atomic E-state index is 12.1. The Morgan fingerprint density at radius 1 is 1.15 bits per heavy atom. The van der Waals surface area contributed by atoms with Crippen molar-refractivity contribution in [3.63, 3.8) is 0 Å². The number of hydrogen-bond acceptors (Lipinski definition) is 3. The quantitative estimate of drug-likeness (QED) is 0.807. The molecule has 1 rings (SSSR count). The third-order valence-electron chi connectivity index (χ3n) is 3.61. The third kappa shape index (κ3) is 3.52. The zero-order valence-electron chi connectivity index (χ0n) is 12.9. The van der Waals surface area contributed by atoms with Gasteiger partial charge in [0.15, 0.2) is 0 Å². The number of aromatic amines is 1. The van der Waals surface area contributed by atoms with E-state index in [4.69, 9.17) is 0 Å². The molecule has 0 amide bonds. The number of hydrogen-bond donors (Lipinski definition) is 2. The lowest BCUT2D eigenvalue weighted by molar-refractivity contribution is 0.324. The van der Waals surface area contributed by atoms with Crippen LogP contribution in [0.4, 0.5) is 0 Å². The van der Waals surface area contributed by atoms with Crippen LogP contribution in [-0.2, 0) is 0 Å². The van der Waals surface area contributed by atoms with Gasteiger partial charge in [0.25, 0.3) is 5.56 Å². The first-order chi connectivity index (χ1) is 9.43. The maximum absolute atomic E-state index is 12.1. The zero-order chi connectivity index (χ0) is 15.3. The third-order valence-corrected chi connectivity index (χ3v) is 3.61. The van der Waals surface area contributed by atoms with Gasteiger partial charge in [0.2, 0.25) is 5.88 Å². The molecular weight excluding hydrogens is 256 g/mol. The van der Waals surface area contributed by atoms with E-state index in [0.29, 0.717) is 5.56 Å². The summed E-state index contributed by atoms with van der Waals surface area (Å²) in [6.07, 6.45) is 4.61. The molecule has 5 heteroatoms. The van der Waals surface area contributed by atoms with Crippen molar-refractivity contribution in [1.29, 1.82) is 0 Å². The minimum atomic E-state index is -0.508. The Morgan fingerprint density at radius 2 is 1.80 bits per heavy atom. The highest BCUT2D eigenvalue weighted by Crippen LogP contribution is 2.27. The predicted molar refractivity (Wildman–Crippen MR) is 80.5 cm³/mol. The first-order valence-corrected chi connectivity index (χ1v) is 7.51. The fourth-order valence-corrected chi connectivity index (χ4v) is 2.59. The molecule has 2 N–H and O–H groups in total. The van der Waals surface area contributed by atoms with E-state index in [1.807, 2.05) is 13.8 Å². The van der Waals surface area contributed by atoms with Gasteiger partial charge in [-0.15, -0.1) is 0 Å². The second kappa shape index (κ2) is 7.31. The lowest BCUT2D eigenvalue weighted by Crippen LogP contribution is -2.35. The van der Waals surface area contributed by atoms with Crippen LogP contribution in [0.1, 0.15) is 77.3 Å². The smallest absolute Gasteiger partial charge is 0.331 e. The van der Waals surface area contributed by atoms with Crippen LogP contribution in [0.25, 0.3) is 0 Å². The summed E-state index contributed by atoms with van der Waals surface area (Å²) in [4.78, 5) is 26.2. The largest absolute Gasteiger partial charge is 0.494 e. The summed E-state index contributed by atoms with van der Waals surface area (Å²) in [6, 6.07) is -0.0539. The van der Waals surface area contributed by atoms with E-state index in [1.54, 1.807) is 0 Å². The molecule has 1 unspecified atom stereocenters. The average Bonchev–Trinajstić information content (AvgIpc) is 2.34. The van der Waals surface area contributed by atoms with Crippen LogP contribution < -0.4 is 11.2 Å². The minimum Gasteiger partial charge on any atom is -0.494 e. The molecule has 0 fully saturated rings. The standard InChI is InChI=1S/C15H26N2O3/c1-5-7-9-11(8-6-2)17-14(19)12(10(3)4)13(18)16-15(17)20/h10-11,19H,5-9H2,1-4H3,(H,16,18,20). The van der Waals surface area contributed by atoms with Gasteiger partial charge in [0, 0.05) is 6.04 Å². The maximum Gasteiger partial charge on any atom is 0.331 e. The number of nitrogens with zero attached hydrogens (tertiary/aromatic N) is 1. The number of aromatic hydroxyl groups is 1. The first kappa shape index (κ1) is 16.5. The molecule has 0 aliphatic carbocycles. The summed E-state index contributed by atoms with van der Waals surface area (Å²) in [5, 5.41) is 10.4. The number of H-pyrrole nitrogens is 1. The van der Waals surface area contributed by atoms with E-state index in [9.17, 15) is 14.7 Å². The molecule has 1 aromatic heterocycles. The molecule has 1 heterocycles. The summed E-state index contributed by atoms with van der Waals surface area (Å²) in [5.41, 5.74) is -0.696. The van der Waals surface area contributed by atoms with Gasteiger partial charge >= 0.3 is 5.69 Å². The number of unbranched alkanes of at least 4 members (excludes halogenated alkanes) is 1. The van der Waals surface area contributed by atoms with Gasteiger partial charge in [0.05, 0.1) is 5.56 Å². The molecule has 0 aliphatic rings. The number of nitrogens with one attached hydrogen (secondary N) is 1. The van der Waals surface area contributed by atoms with Gasteiger partial charge < -0.3 is 5.11 Å². The van der Waals surface area contributed by atoms with E-state index < -0.39 is 11.2 Å². The van der Waals surface area contributed by atoms with Crippen molar-refractivity contribution in [3.05, 3.63) is 26.4 Å². The lowest BCUT2D eigenvalue weighted by Gasteiger charge is -2.22. The molecule has 114 valence electrons. The molecule has 0 saturated carbocycles. The van der Waals surface area contributed by atoms with Crippen LogP contribution in [0.5, 0.6) is 5.88 Å². The Balaban J connectivity index is 3.37. The highest BCUT2D eigenvalue weighted by molar-refractivity contribution is 5.26. The average molecular weight is 282 g/mol. The van der Waals surface area contributed by atoms with Crippen LogP contribution in [0, 0.1) is 0 Å². The summed E-state index contributed by atoms with van der Waals surface area (Å²) >= 11 is 0. The van der Waals surface area contributed by atoms with Crippen molar-refractivity contribution in [1.82, 2.24) is 9.55 Å². The Hall–Kier alpha value is -1.52.